The van der Waals surface area contributed by atoms with Crippen molar-refractivity contribution in [2.24, 2.45) is 0 Å². The van der Waals surface area contributed by atoms with Gasteiger partial charge >= 0.3 is 5.97 Å². The molecule has 1 amide bonds. The van der Waals surface area contributed by atoms with Crippen molar-refractivity contribution in [1.29, 1.82) is 0 Å². The Kier molecular flexibility index (Phi) is 5.50. The molecule has 1 N–H and O–H groups in total. The smallest absolute Gasteiger partial charge is 0.315 e. The van der Waals surface area contributed by atoms with E-state index in [0.717, 1.165) is 12.1 Å². The van der Waals surface area contributed by atoms with Crippen LogP contribution in [0.15, 0.2) is 12.1 Å². The van der Waals surface area contributed by atoms with Gasteiger partial charge in [0, 0.05) is 6.07 Å². The molecule has 0 aliphatic rings. The number of aryl methyl sites for hydroxylation is 1. The van der Waals surface area contributed by atoms with E-state index in [-0.39, 0.29) is 17.9 Å². The number of carbonyl (C=O) groups is 2. The summed E-state index contributed by atoms with van der Waals surface area (Å²) in [6.07, 6.45) is -0.610. The fourth-order valence-electron chi connectivity index (χ4n) is 1.69. The second-order valence-corrected chi connectivity index (χ2v) is 4.20. The summed E-state index contributed by atoms with van der Waals surface area (Å²) in [5, 5.41) is 23.9. The normalized spacial score (nSPS) is 9.91. The number of nitro benzene ring substituents is 2. The Morgan fingerprint density at radius 3 is 2.36 bits per heavy atom. The molecule has 0 fully saturated rings. The monoisotopic (exact) mass is 311 g/mol. The number of benzene rings is 1. The number of nitrogens with one attached hydrogen (secondary N) is 1. The molecule has 0 radical (unpaired) electrons. The number of carbonyl (C=O) groups excluding carboxylic acids is 2. The summed E-state index contributed by atoms with van der Waals surface area (Å²) in [6, 6.07) is 1.83. The molecule has 1 rings (SSSR count). The van der Waals surface area contributed by atoms with Gasteiger partial charge in [0.1, 0.15) is 12.1 Å². The molecular weight excluding hydrogens is 298 g/mol. The van der Waals surface area contributed by atoms with Gasteiger partial charge in [0.25, 0.3) is 11.4 Å². The van der Waals surface area contributed by atoms with E-state index >= 15 is 0 Å². The summed E-state index contributed by atoms with van der Waals surface area (Å²) < 4.78 is 4.59. The van der Waals surface area contributed by atoms with Crippen LogP contribution in [-0.4, -0.2) is 28.3 Å². The van der Waals surface area contributed by atoms with Crippen LogP contribution in [-0.2, 0) is 14.3 Å². The van der Waals surface area contributed by atoms with E-state index in [0.29, 0.717) is 0 Å². The number of nitro groups is 2. The first-order valence-corrected chi connectivity index (χ1v) is 6.15. The Labute approximate surface area is 124 Å². The van der Waals surface area contributed by atoms with Crippen LogP contribution in [0.1, 0.15) is 18.9 Å². The van der Waals surface area contributed by atoms with Gasteiger partial charge in [-0.1, -0.05) is 0 Å². The number of hydrogen-bond acceptors (Lipinski definition) is 7. The second-order valence-electron chi connectivity index (χ2n) is 4.20. The number of non-ortho nitro benzene ring substituents is 1. The van der Waals surface area contributed by atoms with Gasteiger partial charge in [-0.25, -0.2) is 0 Å². The molecule has 0 spiro atoms. The number of nitrogens with zero attached hydrogens (tertiary/aromatic N) is 2. The van der Waals surface area contributed by atoms with Gasteiger partial charge in [-0.3, -0.25) is 29.8 Å². The van der Waals surface area contributed by atoms with Crippen LogP contribution < -0.4 is 5.32 Å². The van der Waals surface area contributed by atoms with Crippen LogP contribution in [0.4, 0.5) is 17.1 Å². The van der Waals surface area contributed by atoms with Gasteiger partial charge in [0.2, 0.25) is 5.91 Å². The first kappa shape index (κ1) is 17.0. The van der Waals surface area contributed by atoms with Crippen LogP contribution in [0.5, 0.6) is 0 Å². The van der Waals surface area contributed by atoms with Crippen LogP contribution in [0.3, 0.4) is 0 Å². The van der Waals surface area contributed by atoms with E-state index in [1.165, 1.54) is 6.92 Å². The number of hydrogen-bond donors (Lipinski definition) is 1. The minimum atomic E-state index is -0.847. The topological polar surface area (TPSA) is 142 Å². The molecule has 10 nitrogen and oxygen atoms in total. The lowest BCUT2D eigenvalue weighted by molar-refractivity contribution is -0.393. The predicted molar refractivity (Wildman–Crippen MR) is 74.4 cm³/mol. The summed E-state index contributed by atoms with van der Waals surface area (Å²) in [4.78, 5) is 42.9. The number of rotatable bonds is 6. The fraction of sp³-hybridized carbons (Fsp3) is 0.333. The van der Waals surface area contributed by atoms with E-state index in [2.05, 4.69) is 10.1 Å². The van der Waals surface area contributed by atoms with Crippen LogP contribution in [0.2, 0.25) is 0 Å². The van der Waals surface area contributed by atoms with Crippen molar-refractivity contribution in [3.63, 3.8) is 0 Å². The van der Waals surface area contributed by atoms with E-state index < -0.39 is 39.5 Å². The highest BCUT2D eigenvalue weighted by Gasteiger charge is 2.24. The average Bonchev–Trinajstić information content (AvgIpc) is 2.40. The lowest BCUT2D eigenvalue weighted by atomic mass is 10.1. The molecule has 118 valence electrons. The van der Waals surface area contributed by atoms with Crippen LogP contribution in [0.25, 0.3) is 0 Å². The fourth-order valence-corrected chi connectivity index (χ4v) is 1.69. The number of esters is 1. The maximum Gasteiger partial charge on any atom is 0.315 e. The molecule has 0 saturated carbocycles. The van der Waals surface area contributed by atoms with Crippen LogP contribution >= 0.6 is 0 Å². The molecule has 0 unspecified atom stereocenters. The third-order valence-electron chi connectivity index (χ3n) is 2.58. The lowest BCUT2D eigenvalue weighted by Crippen LogP contribution is -2.19. The zero-order valence-electron chi connectivity index (χ0n) is 11.8. The van der Waals surface area contributed by atoms with E-state index in [1.54, 1.807) is 6.92 Å². The van der Waals surface area contributed by atoms with Crippen molar-refractivity contribution in [3.05, 3.63) is 37.9 Å². The van der Waals surface area contributed by atoms with Crippen LogP contribution in [0, 0.1) is 27.2 Å². The van der Waals surface area contributed by atoms with Crippen molar-refractivity contribution in [1.82, 2.24) is 0 Å². The van der Waals surface area contributed by atoms with Gasteiger partial charge in [0.05, 0.1) is 22.5 Å². The Morgan fingerprint density at radius 1 is 1.23 bits per heavy atom. The largest absolute Gasteiger partial charge is 0.466 e. The molecule has 1 aromatic rings. The first-order chi connectivity index (χ1) is 10.3. The highest BCUT2D eigenvalue weighted by molar-refractivity contribution is 6.03. The molecule has 0 atom stereocenters. The number of amides is 1. The molecular formula is C12H13N3O7. The molecule has 1 aromatic carbocycles. The van der Waals surface area contributed by atoms with Crippen molar-refractivity contribution in [2.45, 2.75) is 20.3 Å². The predicted octanol–water partition coefficient (Wildman–Crippen LogP) is 1.70. The summed E-state index contributed by atoms with van der Waals surface area (Å²) in [7, 11) is 0. The third-order valence-corrected chi connectivity index (χ3v) is 2.58. The summed E-state index contributed by atoms with van der Waals surface area (Å²) in [5.41, 5.74) is -1.14. The molecule has 22 heavy (non-hydrogen) atoms. The van der Waals surface area contributed by atoms with Crippen molar-refractivity contribution in [3.8, 4) is 0 Å². The summed E-state index contributed by atoms with van der Waals surface area (Å²) >= 11 is 0. The number of anilines is 1. The standard InChI is InChI=1S/C12H13N3O7/c1-3-22-11(17)6-10(16)13-12-7(2)4-8(14(18)19)5-9(12)15(20)21/h4-5H,3,6H2,1-2H3,(H,13,16). The van der Waals surface area contributed by atoms with Gasteiger partial charge in [-0.15, -0.1) is 0 Å². The Morgan fingerprint density at radius 2 is 1.86 bits per heavy atom. The van der Waals surface area contributed by atoms with Gasteiger partial charge in [-0.05, 0) is 19.4 Å². The minimum Gasteiger partial charge on any atom is -0.466 e. The quantitative estimate of drug-likeness (QED) is 0.364. The SMILES string of the molecule is CCOC(=O)CC(=O)Nc1c(C)cc([N+](=O)[O-])cc1[N+](=O)[O-]. The van der Waals surface area contributed by atoms with Crippen molar-refractivity contribution in [2.75, 3.05) is 11.9 Å². The molecule has 10 heteroatoms. The maximum atomic E-state index is 11.7. The Balaban J connectivity index is 3.08. The maximum absolute atomic E-state index is 11.7. The summed E-state index contributed by atoms with van der Waals surface area (Å²) in [6.45, 7) is 3.05. The van der Waals surface area contributed by atoms with Crippen molar-refractivity contribution >= 4 is 28.9 Å². The Bertz CT molecular complexity index is 642. The van der Waals surface area contributed by atoms with E-state index in [1.807, 2.05) is 0 Å². The van der Waals surface area contributed by atoms with E-state index in [4.69, 9.17) is 0 Å². The zero-order valence-corrected chi connectivity index (χ0v) is 11.8. The molecule has 0 aliphatic carbocycles. The third kappa shape index (κ3) is 4.23. The molecule has 0 saturated heterocycles. The van der Waals surface area contributed by atoms with Gasteiger partial charge < -0.3 is 10.1 Å². The molecule has 0 heterocycles. The highest BCUT2D eigenvalue weighted by atomic mass is 16.6. The minimum absolute atomic E-state index is 0.100. The van der Waals surface area contributed by atoms with Gasteiger partial charge in [-0.2, -0.15) is 0 Å². The molecule has 0 aromatic heterocycles. The van der Waals surface area contributed by atoms with Gasteiger partial charge in [0.15, 0.2) is 0 Å². The van der Waals surface area contributed by atoms with E-state index in [9.17, 15) is 29.8 Å². The second kappa shape index (κ2) is 7.11. The highest BCUT2D eigenvalue weighted by Crippen LogP contribution is 2.32. The molecule has 0 aliphatic heterocycles. The number of ether oxygens (including phenoxy) is 1. The first-order valence-electron chi connectivity index (χ1n) is 6.15. The average molecular weight is 311 g/mol. The van der Waals surface area contributed by atoms with Crippen molar-refractivity contribution < 1.29 is 24.2 Å². The Hall–Kier alpha value is -3.04. The lowest BCUT2D eigenvalue weighted by Gasteiger charge is -2.09. The zero-order chi connectivity index (χ0) is 16.9. The molecule has 0 bridgehead atoms. The summed E-state index contributed by atoms with van der Waals surface area (Å²) in [5.74, 6) is -1.58.